The van der Waals surface area contributed by atoms with Gasteiger partial charge in [0, 0.05) is 12.8 Å². The third-order valence-electron chi connectivity index (χ3n) is 3.71. The van der Waals surface area contributed by atoms with Crippen molar-refractivity contribution >= 4 is 23.1 Å². The van der Waals surface area contributed by atoms with Crippen LogP contribution in [0.25, 0.3) is 0 Å². The molecule has 122 valence electrons. The molecule has 0 saturated carbocycles. The molecule has 4 heteroatoms. The van der Waals surface area contributed by atoms with Gasteiger partial charge in [0.15, 0.2) is 0 Å². The number of ketones is 4. The quantitative estimate of drug-likeness (QED) is 0.553. The minimum absolute atomic E-state index is 0.0286. The zero-order valence-electron chi connectivity index (χ0n) is 13.4. The third kappa shape index (κ3) is 4.32. The zero-order valence-corrected chi connectivity index (χ0v) is 13.4. The fourth-order valence-corrected chi connectivity index (χ4v) is 2.46. The Labute approximate surface area is 140 Å². The standard InChI is InChI=1S/C20H18O4/c1-14(21)12-13-17(22)19(23)20(24)18(15-8-4-2-5-9-15)16-10-6-3-7-11-16/h2-11,18H,12-13H2,1H3. The highest BCUT2D eigenvalue weighted by Crippen LogP contribution is 2.26. The van der Waals surface area contributed by atoms with E-state index in [2.05, 4.69) is 0 Å². The van der Waals surface area contributed by atoms with Gasteiger partial charge in [-0.05, 0) is 18.1 Å². The van der Waals surface area contributed by atoms with Gasteiger partial charge >= 0.3 is 0 Å². The van der Waals surface area contributed by atoms with Crippen LogP contribution >= 0.6 is 0 Å². The van der Waals surface area contributed by atoms with E-state index in [0.29, 0.717) is 11.1 Å². The highest BCUT2D eigenvalue weighted by molar-refractivity contribution is 6.65. The van der Waals surface area contributed by atoms with Crippen LogP contribution in [-0.4, -0.2) is 23.1 Å². The summed E-state index contributed by atoms with van der Waals surface area (Å²) >= 11 is 0. The lowest BCUT2D eigenvalue weighted by Gasteiger charge is -2.15. The van der Waals surface area contributed by atoms with Crippen molar-refractivity contribution in [2.75, 3.05) is 0 Å². The predicted octanol–water partition coefficient (Wildman–Crippen LogP) is 2.90. The molecule has 0 fully saturated rings. The first-order valence-electron chi connectivity index (χ1n) is 7.71. The third-order valence-corrected chi connectivity index (χ3v) is 3.71. The van der Waals surface area contributed by atoms with Crippen LogP contribution in [0.4, 0.5) is 0 Å². The van der Waals surface area contributed by atoms with Crippen LogP contribution < -0.4 is 0 Å². The van der Waals surface area contributed by atoms with E-state index in [-0.39, 0.29) is 18.6 Å². The molecule has 2 rings (SSSR count). The monoisotopic (exact) mass is 322 g/mol. The van der Waals surface area contributed by atoms with Gasteiger partial charge in [-0.2, -0.15) is 0 Å². The molecule has 0 atom stereocenters. The molecule has 24 heavy (non-hydrogen) atoms. The van der Waals surface area contributed by atoms with Gasteiger partial charge in [-0.25, -0.2) is 0 Å². The van der Waals surface area contributed by atoms with Crippen molar-refractivity contribution < 1.29 is 19.2 Å². The zero-order chi connectivity index (χ0) is 17.5. The summed E-state index contributed by atoms with van der Waals surface area (Å²) in [5.41, 5.74) is 1.31. The fourth-order valence-electron chi connectivity index (χ4n) is 2.46. The van der Waals surface area contributed by atoms with E-state index in [9.17, 15) is 19.2 Å². The molecule has 0 unspecified atom stereocenters. The number of hydrogen-bond acceptors (Lipinski definition) is 4. The number of rotatable bonds is 8. The highest BCUT2D eigenvalue weighted by Gasteiger charge is 2.32. The summed E-state index contributed by atoms with van der Waals surface area (Å²) in [7, 11) is 0. The van der Waals surface area contributed by atoms with Crippen molar-refractivity contribution in [2.24, 2.45) is 0 Å². The van der Waals surface area contributed by atoms with Gasteiger partial charge < -0.3 is 4.79 Å². The number of carbonyl (C=O) groups is 4. The molecular weight excluding hydrogens is 304 g/mol. The van der Waals surface area contributed by atoms with Gasteiger partial charge in [0.1, 0.15) is 5.78 Å². The van der Waals surface area contributed by atoms with E-state index >= 15 is 0 Å². The van der Waals surface area contributed by atoms with Gasteiger partial charge in [-0.15, -0.1) is 0 Å². The second-order valence-corrected chi connectivity index (χ2v) is 5.57. The van der Waals surface area contributed by atoms with E-state index in [4.69, 9.17) is 0 Å². The van der Waals surface area contributed by atoms with Gasteiger partial charge in [0.2, 0.25) is 11.6 Å². The summed E-state index contributed by atoms with van der Waals surface area (Å²) in [4.78, 5) is 47.8. The topological polar surface area (TPSA) is 68.3 Å². The maximum Gasteiger partial charge on any atom is 0.265 e. The average Bonchev–Trinajstić information content (AvgIpc) is 2.61. The summed E-state index contributed by atoms with van der Waals surface area (Å²) in [5.74, 6) is -3.63. The summed E-state index contributed by atoms with van der Waals surface area (Å²) in [5, 5.41) is 0. The molecule has 0 bridgehead atoms. The smallest absolute Gasteiger partial charge is 0.265 e. The second-order valence-electron chi connectivity index (χ2n) is 5.57. The Kier molecular flexibility index (Phi) is 5.90. The predicted molar refractivity (Wildman–Crippen MR) is 89.7 cm³/mol. The highest BCUT2D eigenvalue weighted by atomic mass is 16.2. The molecule has 0 aromatic heterocycles. The number of carbonyl (C=O) groups excluding carboxylic acids is 4. The van der Waals surface area contributed by atoms with Crippen molar-refractivity contribution in [3.63, 3.8) is 0 Å². The van der Waals surface area contributed by atoms with Crippen LogP contribution in [0.1, 0.15) is 36.8 Å². The number of Topliss-reactive ketones (excluding diaryl/α,β-unsaturated/α-hetero) is 4. The lowest BCUT2D eigenvalue weighted by atomic mass is 9.85. The van der Waals surface area contributed by atoms with Crippen LogP contribution in [0, 0.1) is 0 Å². The van der Waals surface area contributed by atoms with Crippen molar-refractivity contribution in [2.45, 2.75) is 25.7 Å². The Balaban J connectivity index is 2.30. The first-order chi connectivity index (χ1) is 11.5. The van der Waals surface area contributed by atoms with Crippen LogP contribution in [0.3, 0.4) is 0 Å². The van der Waals surface area contributed by atoms with E-state index in [1.54, 1.807) is 48.5 Å². The second kappa shape index (κ2) is 8.11. The Bertz CT molecular complexity index is 708. The van der Waals surface area contributed by atoms with Crippen molar-refractivity contribution in [3.05, 3.63) is 71.8 Å². The van der Waals surface area contributed by atoms with Crippen molar-refractivity contribution in [1.82, 2.24) is 0 Å². The Hall–Kier alpha value is -2.88. The molecule has 0 spiro atoms. The van der Waals surface area contributed by atoms with Gasteiger partial charge in [-0.1, -0.05) is 60.7 Å². The summed E-state index contributed by atoms with van der Waals surface area (Å²) in [6.45, 7) is 1.34. The van der Waals surface area contributed by atoms with E-state index in [1.165, 1.54) is 6.92 Å². The lowest BCUT2D eigenvalue weighted by molar-refractivity contribution is -0.144. The average molecular weight is 322 g/mol. The van der Waals surface area contributed by atoms with Crippen LogP contribution in [0.2, 0.25) is 0 Å². The fraction of sp³-hybridized carbons (Fsp3) is 0.200. The van der Waals surface area contributed by atoms with Crippen LogP contribution in [-0.2, 0) is 19.2 Å². The molecule has 0 radical (unpaired) electrons. The SMILES string of the molecule is CC(=O)CCC(=O)C(=O)C(=O)C(c1ccccc1)c1ccccc1. The van der Waals surface area contributed by atoms with E-state index in [1.807, 2.05) is 12.1 Å². The minimum Gasteiger partial charge on any atom is -0.300 e. The molecule has 2 aromatic rings. The number of benzene rings is 2. The molecule has 0 heterocycles. The van der Waals surface area contributed by atoms with Gasteiger partial charge in [-0.3, -0.25) is 14.4 Å². The summed E-state index contributed by atoms with van der Waals surface area (Å²) in [6, 6.07) is 17.8. The van der Waals surface area contributed by atoms with Crippen LogP contribution in [0.5, 0.6) is 0 Å². The van der Waals surface area contributed by atoms with Crippen LogP contribution in [0.15, 0.2) is 60.7 Å². The van der Waals surface area contributed by atoms with Crippen molar-refractivity contribution in [1.29, 1.82) is 0 Å². The van der Waals surface area contributed by atoms with E-state index < -0.39 is 23.3 Å². The Morgan fingerprint density at radius 2 is 1.21 bits per heavy atom. The van der Waals surface area contributed by atoms with Gasteiger partial charge in [0.05, 0.1) is 5.92 Å². The first-order valence-corrected chi connectivity index (χ1v) is 7.71. The number of hydrogen-bond donors (Lipinski definition) is 0. The largest absolute Gasteiger partial charge is 0.300 e. The molecule has 0 amide bonds. The van der Waals surface area contributed by atoms with E-state index in [0.717, 1.165) is 0 Å². The Morgan fingerprint density at radius 1 is 0.750 bits per heavy atom. The summed E-state index contributed by atoms with van der Waals surface area (Å²) < 4.78 is 0. The minimum atomic E-state index is -1.05. The molecule has 0 aliphatic rings. The summed E-state index contributed by atoms with van der Waals surface area (Å²) in [6.07, 6.45) is -0.255. The van der Waals surface area contributed by atoms with Crippen molar-refractivity contribution in [3.8, 4) is 0 Å². The normalized spacial score (nSPS) is 10.4. The maximum atomic E-state index is 12.7. The lowest BCUT2D eigenvalue weighted by Crippen LogP contribution is -2.30. The molecule has 0 saturated heterocycles. The molecular formula is C20H18O4. The molecule has 2 aromatic carbocycles. The molecule has 0 aliphatic carbocycles. The maximum absolute atomic E-state index is 12.7. The Morgan fingerprint density at radius 3 is 1.62 bits per heavy atom. The molecule has 0 N–H and O–H groups in total. The van der Waals surface area contributed by atoms with Gasteiger partial charge in [0.25, 0.3) is 5.78 Å². The molecule has 4 nitrogen and oxygen atoms in total. The molecule has 0 aliphatic heterocycles. The first kappa shape index (κ1) is 17.5.